The van der Waals surface area contributed by atoms with Gasteiger partial charge in [-0.2, -0.15) is 0 Å². The van der Waals surface area contributed by atoms with Crippen molar-refractivity contribution < 1.29 is 9.53 Å². The molecule has 6 nitrogen and oxygen atoms in total. The summed E-state index contributed by atoms with van der Waals surface area (Å²) in [5.74, 6) is 1.09. The summed E-state index contributed by atoms with van der Waals surface area (Å²) in [6.07, 6.45) is 6.29. The minimum atomic E-state index is -0.154. The minimum absolute atomic E-state index is 0.154. The van der Waals surface area contributed by atoms with E-state index in [0.717, 1.165) is 44.8 Å². The second kappa shape index (κ2) is 5.97. The van der Waals surface area contributed by atoms with Crippen molar-refractivity contribution in [2.75, 3.05) is 44.8 Å². The van der Waals surface area contributed by atoms with E-state index in [4.69, 9.17) is 4.74 Å². The number of ether oxygens (including phenoxy) is 1. The highest BCUT2D eigenvalue weighted by Crippen LogP contribution is 2.41. The van der Waals surface area contributed by atoms with Crippen LogP contribution < -0.4 is 4.90 Å². The SMILES string of the molecule is COCCN1CCC2(CCN(c3ncccn3)CC2)C1=O. The molecule has 3 heterocycles. The van der Waals surface area contributed by atoms with Crippen LogP contribution in [0.15, 0.2) is 18.5 Å². The molecule has 21 heavy (non-hydrogen) atoms. The monoisotopic (exact) mass is 290 g/mol. The summed E-state index contributed by atoms with van der Waals surface area (Å²) in [7, 11) is 1.68. The van der Waals surface area contributed by atoms with Crippen molar-refractivity contribution >= 4 is 11.9 Å². The molecular weight excluding hydrogens is 268 g/mol. The van der Waals surface area contributed by atoms with Gasteiger partial charge in [0.1, 0.15) is 0 Å². The summed E-state index contributed by atoms with van der Waals surface area (Å²) < 4.78 is 5.08. The molecule has 1 aromatic heterocycles. The van der Waals surface area contributed by atoms with E-state index in [1.54, 1.807) is 19.5 Å². The summed E-state index contributed by atoms with van der Waals surface area (Å²) in [6.45, 7) is 3.90. The van der Waals surface area contributed by atoms with Gasteiger partial charge < -0.3 is 14.5 Å². The second-order valence-electron chi connectivity index (χ2n) is 5.85. The Balaban J connectivity index is 1.61. The van der Waals surface area contributed by atoms with Crippen LogP contribution in [0.4, 0.5) is 5.95 Å². The first-order valence-corrected chi connectivity index (χ1v) is 7.55. The molecule has 2 aliphatic rings. The van der Waals surface area contributed by atoms with Crippen LogP contribution in [0, 0.1) is 5.41 Å². The van der Waals surface area contributed by atoms with Gasteiger partial charge in [0.25, 0.3) is 0 Å². The third-order valence-corrected chi connectivity index (χ3v) is 4.72. The van der Waals surface area contributed by atoms with E-state index in [2.05, 4.69) is 14.9 Å². The summed E-state index contributed by atoms with van der Waals surface area (Å²) in [6, 6.07) is 1.82. The number of hydrogen-bond acceptors (Lipinski definition) is 5. The summed E-state index contributed by atoms with van der Waals surface area (Å²) >= 11 is 0. The van der Waals surface area contributed by atoms with Crippen molar-refractivity contribution in [1.82, 2.24) is 14.9 Å². The second-order valence-corrected chi connectivity index (χ2v) is 5.85. The first-order valence-electron chi connectivity index (χ1n) is 7.55. The Morgan fingerprint density at radius 2 is 1.86 bits per heavy atom. The molecule has 1 aromatic rings. The molecule has 0 saturated carbocycles. The lowest BCUT2D eigenvalue weighted by Gasteiger charge is -2.37. The smallest absolute Gasteiger partial charge is 0.229 e. The Bertz CT molecular complexity index is 486. The maximum Gasteiger partial charge on any atom is 0.229 e. The van der Waals surface area contributed by atoms with E-state index in [0.29, 0.717) is 19.1 Å². The van der Waals surface area contributed by atoms with Crippen LogP contribution >= 0.6 is 0 Å². The molecule has 1 amide bonds. The van der Waals surface area contributed by atoms with Gasteiger partial charge in [-0.3, -0.25) is 4.79 Å². The third-order valence-electron chi connectivity index (χ3n) is 4.72. The van der Waals surface area contributed by atoms with Crippen LogP contribution in [0.1, 0.15) is 19.3 Å². The van der Waals surface area contributed by atoms with Crippen LogP contribution in [-0.2, 0) is 9.53 Å². The number of piperidine rings is 1. The van der Waals surface area contributed by atoms with E-state index < -0.39 is 0 Å². The van der Waals surface area contributed by atoms with E-state index in [-0.39, 0.29) is 5.41 Å². The van der Waals surface area contributed by atoms with Crippen molar-refractivity contribution in [3.8, 4) is 0 Å². The van der Waals surface area contributed by atoms with E-state index in [1.165, 1.54) is 0 Å². The van der Waals surface area contributed by atoms with Crippen molar-refractivity contribution in [3.05, 3.63) is 18.5 Å². The van der Waals surface area contributed by atoms with Crippen LogP contribution in [0.2, 0.25) is 0 Å². The molecule has 0 N–H and O–H groups in total. The van der Waals surface area contributed by atoms with Crippen LogP contribution in [0.3, 0.4) is 0 Å². The Kier molecular flexibility index (Phi) is 4.05. The topological polar surface area (TPSA) is 58.6 Å². The molecule has 114 valence electrons. The Hall–Kier alpha value is -1.69. The van der Waals surface area contributed by atoms with Gasteiger partial charge in [0.15, 0.2) is 0 Å². The number of nitrogens with zero attached hydrogens (tertiary/aromatic N) is 4. The predicted octanol–water partition coefficient (Wildman–Crippen LogP) is 0.942. The van der Waals surface area contributed by atoms with Crippen molar-refractivity contribution in [2.45, 2.75) is 19.3 Å². The van der Waals surface area contributed by atoms with Crippen molar-refractivity contribution in [2.24, 2.45) is 5.41 Å². The zero-order chi connectivity index (χ0) is 14.7. The van der Waals surface area contributed by atoms with Gasteiger partial charge in [0, 0.05) is 45.7 Å². The number of amides is 1. The molecule has 1 spiro atoms. The predicted molar refractivity (Wildman–Crippen MR) is 79.0 cm³/mol. The number of methoxy groups -OCH3 is 1. The molecule has 2 aliphatic heterocycles. The number of carbonyl (C=O) groups is 1. The Labute approximate surface area is 125 Å². The summed E-state index contributed by atoms with van der Waals surface area (Å²) in [5.41, 5.74) is -0.154. The molecule has 0 bridgehead atoms. The normalized spacial score (nSPS) is 21.3. The standard InChI is InChI=1S/C15H22N4O2/c1-21-12-11-18-8-3-15(13(18)20)4-9-19(10-5-15)14-16-6-2-7-17-14/h2,6-7H,3-5,8-12H2,1H3. The van der Waals surface area contributed by atoms with E-state index in [1.807, 2.05) is 11.0 Å². The highest BCUT2D eigenvalue weighted by Gasteiger charge is 2.48. The lowest BCUT2D eigenvalue weighted by molar-refractivity contribution is -0.137. The third kappa shape index (κ3) is 2.72. The number of rotatable bonds is 4. The maximum atomic E-state index is 12.7. The summed E-state index contributed by atoms with van der Waals surface area (Å²) in [4.78, 5) is 25.4. The van der Waals surface area contributed by atoms with Crippen molar-refractivity contribution in [1.29, 1.82) is 0 Å². The highest BCUT2D eigenvalue weighted by atomic mass is 16.5. The average Bonchev–Trinajstić information content (AvgIpc) is 2.84. The lowest BCUT2D eigenvalue weighted by atomic mass is 9.77. The fourth-order valence-electron chi connectivity index (χ4n) is 3.36. The number of likely N-dealkylation sites (tertiary alicyclic amines) is 1. The van der Waals surface area contributed by atoms with Gasteiger partial charge in [-0.15, -0.1) is 0 Å². The van der Waals surface area contributed by atoms with Gasteiger partial charge in [0.05, 0.1) is 12.0 Å². The molecule has 0 aromatic carbocycles. The Morgan fingerprint density at radius 1 is 1.19 bits per heavy atom. The molecule has 0 unspecified atom stereocenters. The van der Waals surface area contributed by atoms with Crippen LogP contribution in [0.25, 0.3) is 0 Å². The molecule has 6 heteroatoms. The van der Waals surface area contributed by atoms with Crippen LogP contribution in [-0.4, -0.2) is 60.7 Å². The first kappa shape index (κ1) is 14.3. The molecule has 2 saturated heterocycles. The lowest BCUT2D eigenvalue weighted by Crippen LogP contribution is -2.45. The van der Waals surface area contributed by atoms with Gasteiger partial charge in [-0.1, -0.05) is 0 Å². The average molecular weight is 290 g/mol. The first-order chi connectivity index (χ1) is 10.2. The molecule has 0 atom stereocenters. The zero-order valence-electron chi connectivity index (χ0n) is 12.5. The maximum absolute atomic E-state index is 12.7. The minimum Gasteiger partial charge on any atom is -0.383 e. The molecule has 2 fully saturated rings. The van der Waals surface area contributed by atoms with Crippen molar-refractivity contribution in [3.63, 3.8) is 0 Å². The number of aromatic nitrogens is 2. The number of hydrogen-bond donors (Lipinski definition) is 0. The fraction of sp³-hybridized carbons (Fsp3) is 0.667. The number of carbonyl (C=O) groups excluding carboxylic acids is 1. The van der Waals surface area contributed by atoms with E-state index >= 15 is 0 Å². The summed E-state index contributed by atoms with van der Waals surface area (Å²) in [5, 5.41) is 0. The van der Waals surface area contributed by atoms with Gasteiger partial charge >= 0.3 is 0 Å². The quantitative estimate of drug-likeness (QED) is 0.826. The fourth-order valence-corrected chi connectivity index (χ4v) is 3.36. The zero-order valence-corrected chi connectivity index (χ0v) is 12.5. The van der Waals surface area contributed by atoms with Gasteiger partial charge in [-0.05, 0) is 25.3 Å². The molecular formula is C15H22N4O2. The van der Waals surface area contributed by atoms with Gasteiger partial charge in [0.2, 0.25) is 11.9 Å². The largest absolute Gasteiger partial charge is 0.383 e. The Morgan fingerprint density at radius 3 is 2.52 bits per heavy atom. The van der Waals surface area contributed by atoms with Crippen LogP contribution in [0.5, 0.6) is 0 Å². The molecule has 0 radical (unpaired) electrons. The molecule has 3 rings (SSSR count). The molecule has 0 aliphatic carbocycles. The van der Waals surface area contributed by atoms with Gasteiger partial charge in [-0.25, -0.2) is 9.97 Å². The highest BCUT2D eigenvalue weighted by molar-refractivity contribution is 5.85. The van der Waals surface area contributed by atoms with E-state index in [9.17, 15) is 4.79 Å². The number of anilines is 1.